The molecule has 8 heteroatoms. The summed E-state index contributed by atoms with van der Waals surface area (Å²) >= 11 is 2.17. The van der Waals surface area contributed by atoms with Crippen molar-refractivity contribution in [3.8, 4) is 0 Å². The van der Waals surface area contributed by atoms with Crippen molar-refractivity contribution in [1.29, 1.82) is 0 Å². The molecule has 0 spiro atoms. The van der Waals surface area contributed by atoms with Crippen LogP contribution in [0.5, 0.6) is 0 Å². The molecule has 0 saturated carbocycles. The van der Waals surface area contributed by atoms with E-state index in [4.69, 9.17) is 4.74 Å². The number of alkyl carbamates (subject to hydrolysis) is 1. The van der Waals surface area contributed by atoms with Gasteiger partial charge in [0.05, 0.1) is 0 Å². The van der Waals surface area contributed by atoms with E-state index < -0.39 is 30.1 Å². The number of ether oxygens (including phenoxy) is 1. The fourth-order valence-electron chi connectivity index (χ4n) is 3.29. The zero-order valence-electron chi connectivity index (χ0n) is 18.3. The van der Waals surface area contributed by atoms with Gasteiger partial charge in [-0.25, -0.2) is 9.59 Å². The summed E-state index contributed by atoms with van der Waals surface area (Å²) in [6.45, 7) is 0.0525. The van der Waals surface area contributed by atoms with E-state index in [0.717, 1.165) is 20.3 Å². The third kappa shape index (κ3) is 8.18. The van der Waals surface area contributed by atoms with E-state index in [1.54, 1.807) is 0 Å². The predicted molar refractivity (Wildman–Crippen MR) is 136 cm³/mol. The summed E-state index contributed by atoms with van der Waals surface area (Å²) in [5.41, 5.74) is 2.41. The van der Waals surface area contributed by atoms with Crippen LogP contribution in [0.15, 0.2) is 84.9 Å². The first kappa shape index (κ1) is 25.2. The molecule has 176 valence electrons. The fourth-order valence-corrected chi connectivity index (χ4v) is 3.65. The summed E-state index contributed by atoms with van der Waals surface area (Å²) in [7, 11) is 0. The quantitative estimate of drug-likeness (QED) is 0.320. The summed E-state index contributed by atoms with van der Waals surface area (Å²) in [4.78, 5) is 37.3. The molecule has 7 nitrogen and oxygen atoms in total. The van der Waals surface area contributed by atoms with Gasteiger partial charge in [0.15, 0.2) is 0 Å². The van der Waals surface area contributed by atoms with E-state index in [9.17, 15) is 19.5 Å². The van der Waals surface area contributed by atoms with Crippen LogP contribution >= 0.6 is 22.6 Å². The van der Waals surface area contributed by atoms with Crippen LogP contribution in [0, 0.1) is 3.57 Å². The van der Waals surface area contributed by atoms with Crippen LogP contribution in [-0.4, -0.2) is 35.2 Å². The lowest BCUT2D eigenvalue weighted by Crippen LogP contribution is -2.53. The lowest BCUT2D eigenvalue weighted by atomic mass is 10.0. The van der Waals surface area contributed by atoms with Crippen molar-refractivity contribution < 1.29 is 24.2 Å². The minimum atomic E-state index is -1.16. The highest BCUT2D eigenvalue weighted by Crippen LogP contribution is 2.10. The number of carbonyl (C=O) groups excluding carboxylic acids is 2. The monoisotopic (exact) mass is 572 g/mol. The zero-order chi connectivity index (χ0) is 24.3. The molecule has 0 fully saturated rings. The number of nitrogens with one attached hydrogen (secondary N) is 2. The summed E-state index contributed by atoms with van der Waals surface area (Å²) in [5, 5.41) is 14.8. The van der Waals surface area contributed by atoms with Crippen LogP contribution in [0.1, 0.15) is 16.7 Å². The molecule has 2 amide bonds. The molecule has 0 aliphatic heterocycles. The number of carbonyl (C=O) groups is 3. The van der Waals surface area contributed by atoms with Gasteiger partial charge in [0, 0.05) is 16.4 Å². The van der Waals surface area contributed by atoms with Gasteiger partial charge in [-0.1, -0.05) is 72.8 Å². The van der Waals surface area contributed by atoms with Crippen LogP contribution in [-0.2, 0) is 33.8 Å². The summed E-state index contributed by atoms with van der Waals surface area (Å²) in [5.74, 6) is -1.75. The number of halogens is 1. The molecule has 3 N–H and O–H groups in total. The van der Waals surface area contributed by atoms with Crippen molar-refractivity contribution in [2.75, 3.05) is 0 Å². The van der Waals surface area contributed by atoms with Crippen molar-refractivity contribution in [2.24, 2.45) is 0 Å². The topological polar surface area (TPSA) is 105 Å². The van der Waals surface area contributed by atoms with Crippen molar-refractivity contribution in [3.63, 3.8) is 0 Å². The number of aliphatic carboxylic acids is 1. The van der Waals surface area contributed by atoms with Crippen LogP contribution in [0.3, 0.4) is 0 Å². The van der Waals surface area contributed by atoms with Gasteiger partial charge in [0.1, 0.15) is 18.7 Å². The molecule has 0 bridgehead atoms. The number of hydrogen-bond donors (Lipinski definition) is 3. The molecule has 34 heavy (non-hydrogen) atoms. The molecule has 2 atom stereocenters. The van der Waals surface area contributed by atoms with Gasteiger partial charge in [-0.05, 0) is 51.4 Å². The van der Waals surface area contributed by atoms with Gasteiger partial charge in [-0.3, -0.25) is 4.79 Å². The highest BCUT2D eigenvalue weighted by molar-refractivity contribution is 14.1. The van der Waals surface area contributed by atoms with E-state index in [0.29, 0.717) is 0 Å². The minimum Gasteiger partial charge on any atom is -0.480 e. The van der Waals surface area contributed by atoms with E-state index >= 15 is 0 Å². The Bertz CT molecular complexity index is 1090. The number of benzene rings is 3. The molecule has 0 heterocycles. The van der Waals surface area contributed by atoms with Crippen LogP contribution in [0.4, 0.5) is 4.79 Å². The highest BCUT2D eigenvalue weighted by Gasteiger charge is 2.27. The predicted octanol–water partition coefficient (Wildman–Crippen LogP) is 3.94. The second kappa shape index (κ2) is 12.7. The van der Waals surface area contributed by atoms with Gasteiger partial charge >= 0.3 is 12.1 Å². The number of amides is 2. The molecular weight excluding hydrogens is 547 g/mol. The Morgan fingerprint density at radius 3 is 1.85 bits per heavy atom. The maximum atomic E-state index is 13.1. The Labute approximate surface area is 211 Å². The van der Waals surface area contributed by atoms with Crippen LogP contribution < -0.4 is 10.6 Å². The number of carboxylic acids is 1. The number of rotatable bonds is 10. The average molecular weight is 572 g/mol. The smallest absolute Gasteiger partial charge is 0.408 e. The first-order chi connectivity index (χ1) is 16.4. The number of carboxylic acid groups (broad SMARTS) is 1. The second-order valence-corrected chi connectivity index (χ2v) is 8.92. The largest absolute Gasteiger partial charge is 0.480 e. The molecule has 3 aromatic rings. The third-order valence-electron chi connectivity index (χ3n) is 5.07. The van der Waals surface area contributed by atoms with E-state index in [1.165, 1.54) is 0 Å². The maximum absolute atomic E-state index is 13.1. The maximum Gasteiger partial charge on any atom is 0.408 e. The normalized spacial score (nSPS) is 12.3. The molecule has 3 rings (SSSR count). The van der Waals surface area contributed by atoms with Gasteiger partial charge in [0.25, 0.3) is 0 Å². The Balaban J connectivity index is 1.68. The van der Waals surface area contributed by atoms with Crippen molar-refractivity contribution in [2.45, 2.75) is 31.5 Å². The van der Waals surface area contributed by atoms with E-state index in [2.05, 4.69) is 33.2 Å². The summed E-state index contributed by atoms with van der Waals surface area (Å²) < 4.78 is 6.28. The second-order valence-electron chi connectivity index (χ2n) is 7.68. The molecular formula is C26H25IN2O5. The first-order valence-corrected chi connectivity index (χ1v) is 11.8. The zero-order valence-corrected chi connectivity index (χ0v) is 20.5. The average Bonchev–Trinajstić information content (AvgIpc) is 2.84. The Hall–Kier alpha value is -3.40. The number of hydrogen-bond acceptors (Lipinski definition) is 4. The lowest BCUT2D eigenvalue weighted by molar-refractivity contribution is -0.142. The molecule has 0 unspecified atom stereocenters. The lowest BCUT2D eigenvalue weighted by Gasteiger charge is -2.21. The molecule has 0 radical (unpaired) electrons. The standard InChI is InChI=1S/C26H25IN2O5/c27-21-13-11-19(12-14-21)16-23(25(31)32)28-24(30)22(15-18-7-3-1-4-8-18)29-26(33)34-17-20-9-5-2-6-10-20/h1-14,22-23H,15-17H2,(H,28,30)(H,29,33)(H,31,32)/t22-,23+/m0/s1. The molecule has 3 aromatic carbocycles. The Morgan fingerprint density at radius 2 is 1.26 bits per heavy atom. The van der Waals surface area contributed by atoms with Crippen molar-refractivity contribution in [3.05, 3.63) is 105 Å². The van der Waals surface area contributed by atoms with Gasteiger partial charge in [-0.15, -0.1) is 0 Å². The molecule has 0 saturated heterocycles. The van der Waals surface area contributed by atoms with Crippen LogP contribution in [0.25, 0.3) is 0 Å². The van der Waals surface area contributed by atoms with Gasteiger partial charge in [-0.2, -0.15) is 0 Å². The van der Waals surface area contributed by atoms with Crippen molar-refractivity contribution >= 4 is 40.6 Å². The third-order valence-corrected chi connectivity index (χ3v) is 5.79. The summed E-state index contributed by atoms with van der Waals surface area (Å²) in [6, 6.07) is 23.6. The Kier molecular flexibility index (Phi) is 9.45. The molecule has 0 aromatic heterocycles. The first-order valence-electron chi connectivity index (χ1n) is 10.7. The SMILES string of the molecule is O=C(N[C@@H](Cc1ccccc1)C(=O)N[C@H](Cc1ccc(I)cc1)C(=O)O)OCc1ccccc1. The van der Waals surface area contributed by atoms with Gasteiger partial charge < -0.3 is 20.5 Å². The highest BCUT2D eigenvalue weighted by atomic mass is 127. The summed E-state index contributed by atoms with van der Waals surface area (Å²) in [6.07, 6.45) is -0.457. The van der Waals surface area contributed by atoms with E-state index in [-0.39, 0.29) is 19.4 Å². The van der Waals surface area contributed by atoms with Gasteiger partial charge in [0.2, 0.25) is 5.91 Å². The Morgan fingerprint density at radius 1 is 0.735 bits per heavy atom. The molecule has 0 aliphatic rings. The minimum absolute atomic E-state index is 0.0525. The van der Waals surface area contributed by atoms with Crippen LogP contribution in [0.2, 0.25) is 0 Å². The fraction of sp³-hybridized carbons (Fsp3) is 0.192. The molecule has 0 aliphatic carbocycles. The van der Waals surface area contributed by atoms with E-state index in [1.807, 2.05) is 84.9 Å². The van der Waals surface area contributed by atoms with Crippen molar-refractivity contribution in [1.82, 2.24) is 10.6 Å².